The molecule has 1 aliphatic rings. The van der Waals surface area contributed by atoms with Gasteiger partial charge in [-0.05, 0) is 44.0 Å². The van der Waals surface area contributed by atoms with Gasteiger partial charge in [-0.15, -0.1) is 0 Å². The van der Waals surface area contributed by atoms with E-state index in [1.165, 1.54) is 0 Å². The Balaban J connectivity index is 1.90. The number of hydrogen-bond acceptors (Lipinski definition) is 3. The molecule has 104 valence electrons. The molecule has 1 aliphatic heterocycles. The van der Waals surface area contributed by atoms with Gasteiger partial charge in [0.25, 0.3) is 0 Å². The summed E-state index contributed by atoms with van der Waals surface area (Å²) in [5.74, 6) is 1.06. The first kappa shape index (κ1) is 13.9. The summed E-state index contributed by atoms with van der Waals surface area (Å²) in [6.07, 6.45) is 2.04. The predicted octanol–water partition coefficient (Wildman–Crippen LogP) is 1.80. The first-order chi connectivity index (χ1) is 9.20. The van der Waals surface area contributed by atoms with Crippen LogP contribution in [0.4, 0.5) is 0 Å². The molecule has 1 atom stereocenters. The second-order valence-electron chi connectivity index (χ2n) is 4.92. The summed E-state index contributed by atoms with van der Waals surface area (Å²) < 4.78 is 5.40. The van der Waals surface area contributed by atoms with Crippen LogP contribution >= 0.6 is 0 Å². The molecular weight excluding hydrogens is 240 g/mol. The average molecular weight is 262 g/mol. The second kappa shape index (κ2) is 6.57. The minimum absolute atomic E-state index is 0.00713. The van der Waals surface area contributed by atoms with Gasteiger partial charge in [-0.3, -0.25) is 4.79 Å². The smallest absolute Gasteiger partial charge is 0.239 e. The predicted molar refractivity (Wildman–Crippen MR) is 75.1 cm³/mol. The van der Waals surface area contributed by atoms with Crippen LogP contribution in [0.2, 0.25) is 0 Å². The maximum Gasteiger partial charge on any atom is 0.239 e. The van der Waals surface area contributed by atoms with Gasteiger partial charge >= 0.3 is 0 Å². The van der Waals surface area contributed by atoms with Crippen LogP contribution in [0.5, 0.6) is 5.75 Å². The summed E-state index contributed by atoms with van der Waals surface area (Å²) in [4.78, 5) is 13.9. The van der Waals surface area contributed by atoms with E-state index >= 15 is 0 Å². The van der Waals surface area contributed by atoms with Crippen molar-refractivity contribution in [2.24, 2.45) is 0 Å². The SMILES string of the molecule is CCOc1ccc(CN(C)C(=O)[C@H]2CCCN2)cc1. The second-order valence-corrected chi connectivity index (χ2v) is 4.92. The zero-order chi connectivity index (χ0) is 13.7. The third-order valence-corrected chi connectivity index (χ3v) is 3.39. The van der Waals surface area contributed by atoms with Crippen LogP contribution in [0.25, 0.3) is 0 Å². The molecule has 1 aromatic carbocycles. The maximum absolute atomic E-state index is 12.2. The van der Waals surface area contributed by atoms with E-state index in [1.54, 1.807) is 4.90 Å². The van der Waals surface area contributed by atoms with Crippen LogP contribution in [-0.2, 0) is 11.3 Å². The van der Waals surface area contributed by atoms with E-state index in [1.807, 2.05) is 38.2 Å². The molecule has 1 heterocycles. The Kier molecular flexibility index (Phi) is 4.80. The first-order valence-corrected chi connectivity index (χ1v) is 6.91. The quantitative estimate of drug-likeness (QED) is 0.879. The van der Waals surface area contributed by atoms with Gasteiger partial charge in [-0.2, -0.15) is 0 Å². The highest BCUT2D eigenvalue weighted by Gasteiger charge is 2.24. The highest BCUT2D eigenvalue weighted by Crippen LogP contribution is 2.14. The van der Waals surface area contributed by atoms with Crippen LogP contribution in [0.3, 0.4) is 0 Å². The van der Waals surface area contributed by atoms with E-state index in [0.717, 1.165) is 30.7 Å². The zero-order valence-electron chi connectivity index (χ0n) is 11.7. The molecule has 1 amide bonds. The van der Waals surface area contributed by atoms with Crippen molar-refractivity contribution >= 4 is 5.91 Å². The Labute approximate surface area is 114 Å². The van der Waals surface area contributed by atoms with Gasteiger partial charge in [-0.1, -0.05) is 12.1 Å². The number of nitrogens with zero attached hydrogens (tertiary/aromatic N) is 1. The largest absolute Gasteiger partial charge is 0.494 e. The number of ether oxygens (including phenoxy) is 1. The van der Waals surface area contributed by atoms with Crippen molar-refractivity contribution < 1.29 is 9.53 Å². The van der Waals surface area contributed by atoms with Gasteiger partial charge in [0.2, 0.25) is 5.91 Å². The number of hydrogen-bond donors (Lipinski definition) is 1. The molecule has 1 fully saturated rings. The van der Waals surface area contributed by atoms with Crippen LogP contribution in [0.15, 0.2) is 24.3 Å². The van der Waals surface area contributed by atoms with E-state index in [0.29, 0.717) is 13.2 Å². The number of carbonyl (C=O) groups is 1. The molecular formula is C15H22N2O2. The highest BCUT2D eigenvalue weighted by molar-refractivity contribution is 5.81. The molecule has 0 saturated carbocycles. The van der Waals surface area contributed by atoms with Crippen molar-refractivity contribution in [2.75, 3.05) is 20.2 Å². The molecule has 2 rings (SSSR count). The first-order valence-electron chi connectivity index (χ1n) is 6.91. The van der Waals surface area contributed by atoms with E-state index in [2.05, 4.69) is 5.32 Å². The third-order valence-electron chi connectivity index (χ3n) is 3.39. The summed E-state index contributed by atoms with van der Waals surface area (Å²) in [7, 11) is 1.86. The van der Waals surface area contributed by atoms with E-state index in [-0.39, 0.29) is 11.9 Å². The lowest BCUT2D eigenvalue weighted by Crippen LogP contribution is -2.41. The molecule has 1 saturated heterocycles. The number of carbonyl (C=O) groups excluding carboxylic acids is 1. The summed E-state index contributed by atoms with van der Waals surface area (Å²) in [6, 6.07) is 7.93. The van der Waals surface area contributed by atoms with Crippen molar-refractivity contribution in [3.63, 3.8) is 0 Å². The van der Waals surface area contributed by atoms with Gasteiger partial charge < -0.3 is 15.0 Å². The lowest BCUT2D eigenvalue weighted by atomic mass is 10.1. The summed E-state index contributed by atoms with van der Waals surface area (Å²) in [5, 5.41) is 3.24. The zero-order valence-corrected chi connectivity index (χ0v) is 11.7. The molecule has 0 bridgehead atoms. The van der Waals surface area contributed by atoms with E-state index < -0.39 is 0 Å². The molecule has 0 aromatic heterocycles. The molecule has 1 aromatic rings. The summed E-state index contributed by atoms with van der Waals surface area (Å²) in [6.45, 7) is 4.23. The van der Waals surface area contributed by atoms with Gasteiger partial charge in [0.05, 0.1) is 12.6 Å². The van der Waals surface area contributed by atoms with Crippen LogP contribution < -0.4 is 10.1 Å². The molecule has 1 N–H and O–H groups in total. The minimum atomic E-state index is 0.00713. The lowest BCUT2D eigenvalue weighted by molar-refractivity contribution is -0.132. The molecule has 0 unspecified atom stereocenters. The molecule has 0 spiro atoms. The Morgan fingerprint density at radius 3 is 2.74 bits per heavy atom. The third kappa shape index (κ3) is 3.70. The fraction of sp³-hybridized carbons (Fsp3) is 0.533. The number of likely N-dealkylation sites (N-methyl/N-ethyl adjacent to an activating group) is 1. The monoisotopic (exact) mass is 262 g/mol. The Morgan fingerprint density at radius 1 is 1.42 bits per heavy atom. The van der Waals surface area contributed by atoms with Crippen LogP contribution in [0, 0.1) is 0 Å². The van der Waals surface area contributed by atoms with Gasteiger partial charge in [0.15, 0.2) is 0 Å². The Morgan fingerprint density at radius 2 is 2.16 bits per heavy atom. The minimum Gasteiger partial charge on any atom is -0.494 e. The highest BCUT2D eigenvalue weighted by atomic mass is 16.5. The Bertz CT molecular complexity index is 411. The van der Waals surface area contributed by atoms with E-state index in [4.69, 9.17) is 4.74 Å². The van der Waals surface area contributed by atoms with Crippen molar-refractivity contribution in [2.45, 2.75) is 32.4 Å². The fourth-order valence-corrected chi connectivity index (χ4v) is 2.37. The number of benzene rings is 1. The lowest BCUT2D eigenvalue weighted by Gasteiger charge is -2.21. The standard InChI is InChI=1S/C15H22N2O2/c1-3-19-13-8-6-12(7-9-13)11-17(2)15(18)14-5-4-10-16-14/h6-9,14,16H,3-5,10-11H2,1-2H3/t14-/m1/s1. The summed E-state index contributed by atoms with van der Waals surface area (Å²) >= 11 is 0. The van der Waals surface area contributed by atoms with Gasteiger partial charge in [0.1, 0.15) is 5.75 Å². The van der Waals surface area contributed by atoms with Crippen LogP contribution in [-0.4, -0.2) is 37.0 Å². The van der Waals surface area contributed by atoms with Gasteiger partial charge in [-0.25, -0.2) is 0 Å². The van der Waals surface area contributed by atoms with Crippen molar-refractivity contribution in [3.05, 3.63) is 29.8 Å². The van der Waals surface area contributed by atoms with E-state index in [9.17, 15) is 4.79 Å². The number of amides is 1. The molecule has 4 heteroatoms. The normalized spacial score (nSPS) is 18.3. The number of nitrogens with one attached hydrogen (secondary N) is 1. The fourth-order valence-electron chi connectivity index (χ4n) is 2.37. The maximum atomic E-state index is 12.2. The van der Waals surface area contributed by atoms with Crippen molar-refractivity contribution in [3.8, 4) is 5.75 Å². The van der Waals surface area contributed by atoms with Gasteiger partial charge in [0, 0.05) is 13.6 Å². The van der Waals surface area contributed by atoms with Crippen LogP contribution in [0.1, 0.15) is 25.3 Å². The summed E-state index contributed by atoms with van der Waals surface area (Å²) in [5.41, 5.74) is 1.12. The molecule has 19 heavy (non-hydrogen) atoms. The molecule has 4 nitrogen and oxygen atoms in total. The van der Waals surface area contributed by atoms with Crippen molar-refractivity contribution in [1.82, 2.24) is 10.2 Å². The topological polar surface area (TPSA) is 41.6 Å². The average Bonchev–Trinajstić information content (AvgIpc) is 2.94. The Hall–Kier alpha value is -1.55. The number of rotatable bonds is 5. The molecule has 0 aliphatic carbocycles. The van der Waals surface area contributed by atoms with Crippen molar-refractivity contribution in [1.29, 1.82) is 0 Å². The molecule has 0 radical (unpaired) electrons.